The smallest absolute Gasteiger partial charge is 0.314 e. The number of hydrogen-bond donors (Lipinski definition) is 1. The van der Waals surface area contributed by atoms with Crippen LogP contribution in [0.2, 0.25) is 0 Å². The van der Waals surface area contributed by atoms with Gasteiger partial charge in [-0.1, -0.05) is 6.42 Å². The monoisotopic (exact) mass is 235 g/mol. The van der Waals surface area contributed by atoms with E-state index in [1.165, 1.54) is 19.3 Å². The van der Waals surface area contributed by atoms with Crippen LogP contribution in [0.25, 0.3) is 0 Å². The van der Waals surface area contributed by atoms with Gasteiger partial charge in [0.2, 0.25) is 0 Å². The van der Waals surface area contributed by atoms with Crippen molar-refractivity contribution in [3.63, 3.8) is 0 Å². The number of halogens is 3. The SMILES string of the molecule is FC(F)(F)C1CCC(NCC2CCC2)CC1. The molecule has 0 amide bonds. The van der Waals surface area contributed by atoms with Crippen LogP contribution >= 0.6 is 0 Å². The second-order valence-electron chi connectivity index (χ2n) is 5.30. The molecule has 2 rings (SSSR count). The summed E-state index contributed by atoms with van der Waals surface area (Å²) in [5.74, 6) is -0.255. The Kier molecular flexibility index (Phi) is 3.77. The first-order valence-electron chi connectivity index (χ1n) is 6.36. The van der Waals surface area contributed by atoms with E-state index >= 15 is 0 Å². The van der Waals surface area contributed by atoms with Gasteiger partial charge >= 0.3 is 6.18 Å². The molecule has 0 aromatic rings. The molecule has 16 heavy (non-hydrogen) atoms. The van der Waals surface area contributed by atoms with Crippen molar-refractivity contribution in [1.82, 2.24) is 5.32 Å². The van der Waals surface area contributed by atoms with Gasteiger partial charge in [-0.2, -0.15) is 13.2 Å². The highest BCUT2D eigenvalue weighted by Gasteiger charge is 2.41. The number of hydrogen-bond acceptors (Lipinski definition) is 1. The van der Waals surface area contributed by atoms with E-state index < -0.39 is 12.1 Å². The van der Waals surface area contributed by atoms with Gasteiger partial charge in [0, 0.05) is 6.04 Å². The number of rotatable bonds is 3. The first-order valence-corrected chi connectivity index (χ1v) is 6.36. The minimum absolute atomic E-state index is 0.311. The average molecular weight is 235 g/mol. The molecule has 0 aromatic heterocycles. The number of alkyl halides is 3. The van der Waals surface area contributed by atoms with Gasteiger partial charge in [0.15, 0.2) is 0 Å². The van der Waals surface area contributed by atoms with Gasteiger partial charge in [0.1, 0.15) is 0 Å². The topological polar surface area (TPSA) is 12.0 Å². The minimum atomic E-state index is -3.97. The van der Waals surface area contributed by atoms with E-state index in [9.17, 15) is 13.2 Å². The van der Waals surface area contributed by atoms with Crippen molar-refractivity contribution >= 4 is 0 Å². The van der Waals surface area contributed by atoms with Crippen LogP contribution in [0.4, 0.5) is 13.2 Å². The summed E-state index contributed by atoms with van der Waals surface area (Å²) in [6.07, 6.45) is 1.95. The van der Waals surface area contributed by atoms with Gasteiger partial charge in [-0.25, -0.2) is 0 Å². The third kappa shape index (κ3) is 3.12. The third-order valence-corrected chi connectivity index (χ3v) is 4.11. The Balaban J connectivity index is 1.64. The Morgan fingerprint density at radius 3 is 2.00 bits per heavy atom. The Morgan fingerprint density at radius 2 is 1.56 bits per heavy atom. The Labute approximate surface area is 94.8 Å². The molecule has 2 aliphatic rings. The van der Waals surface area contributed by atoms with Crippen LogP contribution in [0.15, 0.2) is 0 Å². The fourth-order valence-corrected chi connectivity index (χ4v) is 2.66. The molecule has 0 spiro atoms. The highest BCUT2D eigenvalue weighted by Crippen LogP contribution is 2.37. The summed E-state index contributed by atoms with van der Waals surface area (Å²) in [6.45, 7) is 1.02. The summed E-state index contributed by atoms with van der Waals surface area (Å²) in [5, 5.41) is 3.43. The quantitative estimate of drug-likeness (QED) is 0.789. The third-order valence-electron chi connectivity index (χ3n) is 4.11. The predicted molar refractivity (Wildman–Crippen MR) is 57.1 cm³/mol. The van der Waals surface area contributed by atoms with Crippen molar-refractivity contribution < 1.29 is 13.2 Å². The molecule has 0 bridgehead atoms. The lowest BCUT2D eigenvalue weighted by molar-refractivity contribution is -0.182. The minimum Gasteiger partial charge on any atom is -0.314 e. The van der Waals surface area contributed by atoms with Gasteiger partial charge in [0.05, 0.1) is 5.92 Å². The molecule has 1 N–H and O–H groups in total. The predicted octanol–water partition coefficient (Wildman–Crippen LogP) is 3.50. The van der Waals surface area contributed by atoms with Crippen molar-refractivity contribution in [2.24, 2.45) is 11.8 Å². The normalized spacial score (nSPS) is 32.4. The van der Waals surface area contributed by atoms with Crippen molar-refractivity contribution in [2.45, 2.75) is 57.2 Å². The maximum absolute atomic E-state index is 12.4. The lowest BCUT2D eigenvalue weighted by atomic mass is 9.83. The summed E-state index contributed by atoms with van der Waals surface area (Å²) in [7, 11) is 0. The maximum Gasteiger partial charge on any atom is 0.391 e. The van der Waals surface area contributed by atoms with Crippen LogP contribution in [0.3, 0.4) is 0 Å². The molecule has 0 aromatic carbocycles. The first kappa shape index (κ1) is 12.2. The van der Waals surface area contributed by atoms with Crippen molar-refractivity contribution in [1.29, 1.82) is 0 Å². The molecule has 1 nitrogen and oxygen atoms in total. The highest BCUT2D eigenvalue weighted by atomic mass is 19.4. The fourth-order valence-electron chi connectivity index (χ4n) is 2.66. The van der Waals surface area contributed by atoms with Crippen LogP contribution < -0.4 is 5.32 Å². The summed E-state index contributed by atoms with van der Waals surface area (Å²) in [6, 6.07) is 0.333. The molecule has 2 saturated carbocycles. The molecule has 2 fully saturated rings. The Bertz CT molecular complexity index is 215. The van der Waals surface area contributed by atoms with Crippen LogP contribution in [0.5, 0.6) is 0 Å². The molecule has 4 heteroatoms. The van der Waals surface area contributed by atoms with Gasteiger partial charge in [-0.15, -0.1) is 0 Å². The van der Waals surface area contributed by atoms with E-state index in [0.717, 1.165) is 12.5 Å². The maximum atomic E-state index is 12.4. The second kappa shape index (κ2) is 4.94. The van der Waals surface area contributed by atoms with Gasteiger partial charge in [0.25, 0.3) is 0 Å². The van der Waals surface area contributed by atoms with E-state index in [2.05, 4.69) is 5.32 Å². The zero-order valence-electron chi connectivity index (χ0n) is 9.52. The molecule has 0 heterocycles. The van der Waals surface area contributed by atoms with Crippen molar-refractivity contribution in [3.05, 3.63) is 0 Å². The van der Waals surface area contributed by atoms with Gasteiger partial charge < -0.3 is 5.32 Å². The van der Waals surface area contributed by atoms with Crippen LogP contribution in [0, 0.1) is 11.8 Å². The van der Waals surface area contributed by atoms with Gasteiger partial charge in [-0.3, -0.25) is 0 Å². The highest BCUT2D eigenvalue weighted by molar-refractivity contribution is 4.82. The van der Waals surface area contributed by atoms with E-state index in [1.807, 2.05) is 0 Å². The lowest BCUT2D eigenvalue weighted by Gasteiger charge is -2.33. The van der Waals surface area contributed by atoms with Crippen molar-refractivity contribution in [2.75, 3.05) is 6.54 Å². The zero-order chi connectivity index (χ0) is 11.6. The molecule has 0 atom stereocenters. The van der Waals surface area contributed by atoms with E-state index in [1.54, 1.807) is 0 Å². The van der Waals surface area contributed by atoms with Crippen LogP contribution in [-0.2, 0) is 0 Å². The van der Waals surface area contributed by atoms with E-state index in [0.29, 0.717) is 31.7 Å². The zero-order valence-corrected chi connectivity index (χ0v) is 9.52. The molecule has 0 saturated heterocycles. The van der Waals surface area contributed by atoms with Crippen molar-refractivity contribution in [3.8, 4) is 0 Å². The second-order valence-corrected chi connectivity index (χ2v) is 5.30. The molecule has 2 aliphatic carbocycles. The summed E-state index contributed by atoms with van der Waals surface area (Å²) in [4.78, 5) is 0. The molecule has 0 aliphatic heterocycles. The molecule has 0 radical (unpaired) electrons. The molecule has 0 unspecified atom stereocenters. The largest absolute Gasteiger partial charge is 0.391 e. The standard InChI is InChI=1S/C12H20F3N/c13-12(14,15)10-4-6-11(7-5-10)16-8-9-2-1-3-9/h9-11,16H,1-8H2. The van der Waals surface area contributed by atoms with Gasteiger partial charge in [-0.05, 0) is 51.0 Å². The fraction of sp³-hybridized carbons (Fsp3) is 1.00. The van der Waals surface area contributed by atoms with Crippen LogP contribution in [0.1, 0.15) is 44.9 Å². The average Bonchev–Trinajstić information content (AvgIpc) is 2.15. The summed E-state index contributed by atoms with van der Waals surface area (Å²) < 4.78 is 37.3. The van der Waals surface area contributed by atoms with Crippen LogP contribution in [-0.4, -0.2) is 18.8 Å². The molecular weight excluding hydrogens is 215 g/mol. The Morgan fingerprint density at radius 1 is 0.938 bits per heavy atom. The molecular formula is C12H20F3N. The van der Waals surface area contributed by atoms with E-state index in [4.69, 9.17) is 0 Å². The number of nitrogens with one attached hydrogen (secondary N) is 1. The lowest BCUT2D eigenvalue weighted by Crippen LogP contribution is -2.40. The Hall–Kier alpha value is -0.250. The summed E-state index contributed by atoms with van der Waals surface area (Å²) in [5.41, 5.74) is 0. The first-order chi connectivity index (χ1) is 7.55. The summed E-state index contributed by atoms with van der Waals surface area (Å²) >= 11 is 0. The molecule has 94 valence electrons. The van der Waals surface area contributed by atoms with E-state index in [-0.39, 0.29) is 0 Å².